The number of para-hydroxylation sites is 2. The van der Waals surface area contributed by atoms with E-state index in [9.17, 15) is 9.59 Å². The SMILES string of the molecule is O=C(COC(=O)c1ccc2nc(Cl)ccc2c1)NCC1COc2ccccc2O1. The average Bonchev–Trinajstić information content (AvgIpc) is 2.75. The van der Waals surface area contributed by atoms with Gasteiger partial charge in [0.15, 0.2) is 18.1 Å². The monoisotopic (exact) mass is 412 g/mol. The summed E-state index contributed by atoms with van der Waals surface area (Å²) in [7, 11) is 0. The summed E-state index contributed by atoms with van der Waals surface area (Å²) in [6.45, 7) is 0.180. The van der Waals surface area contributed by atoms with Crippen molar-refractivity contribution in [3.05, 3.63) is 65.3 Å². The lowest BCUT2D eigenvalue weighted by Crippen LogP contribution is -2.42. The van der Waals surface area contributed by atoms with Gasteiger partial charge in [-0.2, -0.15) is 0 Å². The van der Waals surface area contributed by atoms with Crippen LogP contribution in [-0.2, 0) is 9.53 Å². The number of benzene rings is 2. The van der Waals surface area contributed by atoms with Crippen molar-refractivity contribution in [1.82, 2.24) is 10.3 Å². The van der Waals surface area contributed by atoms with Crippen molar-refractivity contribution in [3.8, 4) is 11.5 Å². The third kappa shape index (κ3) is 4.57. The second kappa shape index (κ2) is 8.36. The number of hydrogen-bond donors (Lipinski definition) is 1. The fraction of sp³-hybridized carbons (Fsp3) is 0.190. The van der Waals surface area contributed by atoms with Crippen LogP contribution in [0.5, 0.6) is 11.5 Å². The van der Waals surface area contributed by atoms with Gasteiger partial charge in [-0.25, -0.2) is 9.78 Å². The highest BCUT2D eigenvalue weighted by atomic mass is 35.5. The summed E-state index contributed by atoms with van der Waals surface area (Å²) in [6, 6.07) is 15.6. The van der Waals surface area contributed by atoms with Gasteiger partial charge in [0.25, 0.3) is 5.91 Å². The van der Waals surface area contributed by atoms with Crippen molar-refractivity contribution in [1.29, 1.82) is 0 Å². The molecule has 0 radical (unpaired) electrons. The van der Waals surface area contributed by atoms with E-state index in [0.717, 1.165) is 5.39 Å². The number of hydrogen-bond acceptors (Lipinski definition) is 6. The van der Waals surface area contributed by atoms with Gasteiger partial charge >= 0.3 is 5.97 Å². The first-order chi connectivity index (χ1) is 14.1. The fourth-order valence-corrected chi connectivity index (χ4v) is 3.04. The lowest BCUT2D eigenvalue weighted by atomic mass is 10.1. The molecule has 2 aromatic carbocycles. The van der Waals surface area contributed by atoms with Gasteiger partial charge in [-0.1, -0.05) is 23.7 Å². The lowest BCUT2D eigenvalue weighted by molar-refractivity contribution is -0.124. The second-order valence-electron chi connectivity index (χ2n) is 6.42. The molecule has 1 unspecified atom stereocenters. The van der Waals surface area contributed by atoms with Crippen LogP contribution in [0.2, 0.25) is 5.15 Å². The number of pyridine rings is 1. The Kier molecular flexibility index (Phi) is 5.48. The number of ether oxygens (including phenoxy) is 3. The minimum absolute atomic E-state index is 0.243. The summed E-state index contributed by atoms with van der Waals surface area (Å²) >= 11 is 5.85. The van der Waals surface area contributed by atoms with Gasteiger partial charge in [-0.05, 0) is 42.5 Å². The summed E-state index contributed by atoms with van der Waals surface area (Å²) in [5.41, 5.74) is 0.998. The molecule has 0 spiro atoms. The number of carbonyl (C=O) groups excluding carboxylic acids is 2. The van der Waals surface area contributed by atoms with Crippen molar-refractivity contribution < 1.29 is 23.8 Å². The molecule has 0 aliphatic carbocycles. The Hall–Kier alpha value is -3.32. The average molecular weight is 413 g/mol. The van der Waals surface area contributed by atoms with E-state index in [1.807, 2.05) is 18.2 Å². The van der Waals surface area contributed by atoms with E-state index in [1.54, 1.807) is 36.4 Å². The Morgan fingerprint density at radius 1 is 1.14 bits per heavy atom. The summed E-state index contributed by atoms with van der Waals surface area (Å²) in [4.78, 5) is 28.4. The van der Waals surface area contributed by atoms with Gasteiger partial charge in [0.2, 0.25) is 0 Å². The molecule has 148 valence electrons. The summed E-state index contributed by atoms with van der Waals surface area (Å²) in [5, 5.41) is 3.81. The van der Waals surface area contributed by atoms with E-state index in [1.165, 1.54) is 0 Å². The van der Waals surface area contributed by atoms with Crippen LogP contribution >= 0.6 is 11.6 Å². The van der Waals surface area contributed by atoms with Crippen LogP contribution in [0.1, 0.15) is 10.4 Å². The zero-order chi connectivity index (χ0) is 20.2. The number of esters is 1. The van der Waals surface area contributed by atoms with E-state index in [4.69, 9.17) is 25.8 Å². The summed E-state index contributed by atoms with van der Waals surface area (Å²) < 4.78 is 16.4. The maximum atomic E-state index is 12.2. The van der Waals surface area contributed by atoms with Gasteiger partial charge in [0.1, 0.15) is 17.9 Å². The van der Waals surface area contributed by atoms with Crippen LogP contribution < -0.4 is 14.8 Å². The molecule has 2 heterocycles. The van der Waals surface area contributed by atoms with Crippen molar-refractivity contribution in [2.45, 2.75) is 6.10 Å². The Labute approximate surface area is 171 Å². The van der Waals surface area contributed by atoms with Crippen molar-refractivity contribution in [3.63, 3.8) is 0 Å². The molecule has 1 aromatic heterocycles. The van der Waals surface area contributed by atoms with Crippen LogP contribution in [0.25, 0.3) is 10.9 Å². The lowest BCUT2D eigenvalue weighted by Gasteiger charge is -2.26. The predicted octanol–water partition coefficient (Wildman–Crippen LogP) is 3.00. The van der Waals surface area contributed by atoms with Crippen molar-refractivity contribution in [2.75, 3.05) is 19.8 Å². The maximum Gasteiger partial charge on any atom is 0.338 e. The number of rotatable bonds is 5. The highest BCUT2D eigenvalue weighted by molar-refractivity contribution is 6.29. The van der Waals surface area contributed by atoms with Crippen LogP contribution in [0.3, 0.4) is 0 Å². The molecular weight excluding hydrogens is 396 g/mol. The predicted molar refractivity (Wildman–Crippen MR) is 106 cm³/mol. The number of carbonyl (C=O) groups is 2. The number of nitrogens with one attached hydrogen (secondary N) is 1. The van der Waals surface area contributed by atoms with E-state index >= 15 is 0 Å². The topological polar surface area (TPSA) is 86.8 Å². The van der Waals surface area contributed by atoms with Crippen LogP contribution in [-0.4, -0.2) is 42.7 Å². The molecule has 1 aliphatic heterocycles. The number of halogens is 1. The summed E-state index contributed by atoms with van der Waals surface area (Å²) in [6.07, 6.45) is -0.315. The number of fused-ring (bicyclic) bond motifs is 2. The molecule has 1 N–H and O–H groups in total. The van der Waals surface area contributed by atoms with Gasteiger partial charge in [0.05, 0.1) is 17.6 Å². The number of amides is 1. The largest absolute Gasteiger partial charge is 0.486 e. The fourth-order valence-electron chi connectivity index (χ4n) is 2.88. The highest BCUT2D eigenvalue weighted by Gasteiger charge is 2.21. The molecule has 1 amide bonds. The van der Waals surface area contributed by atoms with Crippen LogP contribution in [0, 0.1) is 0 Å². The molecule has 3 aromatic rings. The maximum absolute atomic E-state index is 12.2. The summed E-state index contributed by atoms with van der Waals surface area (Å²) in [5.74, 6) is 0.298. The zero-order valence-electron chi connectivity index (χ0n) is 15.3. The molecular formula is C21H17ClN2O5. The van der Waals surface area contributed by atoms with Gasteiger partial charge in [-0.3, -0.25) is 4.79 Å². The first-order valence-electron chi connectivity index (χ1n) is 8.97. The normalized spacial score (nSPS) is 15.0. The Morgan fingerprint density at radius 2 is 1.97 bits per heavy atom. The van der Waals surface area contributed by atoms with E-state index in [2.05, 4.69) is 10.3 Å². The second-order valence-corrected chi connectivity index (χ2v) is 6.81. The molecule has 8 heteroatoms. The van der Waals surface area contributed by atoms with Crippen LogP contribution in [0.15, 0.2) is 54.6 Å². The van der Waals surface area contributed by atoms with Crippen molar-refractivity contribution in [2.24, 2.45) is 0 Å². The van der Waals surface area contributed by atoms with E-state index < -0.39 is 11.9 Å². The molecule has 0 fully saturated rings. The van der Waals surface area contributed by atoms with Crippen LogP contribution in [0.4, 0.5) is 0 Å². The molecule has 0 saturated heterocycles. The first-order valence-corrected chi connectivity index (χ1v) is 9.35. The Morgan fingerprint density at radius 3 is 2.83 bits per heavy atom. The third-order valence-corrected chi connectivity index (χ3v) is 4.53. The van der Waals surface area contributed by atoms with E-state index in [-0.39, 0.29) is 19.3 Å². The van der Waals surface area contributed by atoms with Gasteiger partial charge < -0.3 is 19.5 Å². The molecule has 7 nitrogen and oxygen atoms in total. The van der Waals surface area contributed by atoms with Gasteiger partial charge in [-0.15, -0.1) is 0 Å². The first kappa shape index (κ1) is 19.0. The Bertz CT molecular complexity index is 1070. The smallest absolute Gasteiger partial charge is 0.338 e. The minimum Gasteiger partial charge on any atom is -0.486 e. The molecule has 29 heavy (non-hydrogen) atoms. The minimum atomic E-state index is -0.594. The number of nitrogens with zero attached hydrogens (tertiary/aromatic N) is 1. The zero-order valence-corrected chi connectivity index (χ0v) is 16.0. The molecule has 0 bridgehead atoms. The number of aromatic nitrogens is 1. The van der Waals surface area contributed by atoms with Gasteiger partial charge in [0, 0.05) is 5.39 Å². The standard InChI is InChI=1S/C21H17ClN2O5/c22-19-8-6-13-9-14(5-7-16(13)24-19)21(26)28-12-20(25)23-10-15-11-27-17-3-1-2-4-18(17)29-15/h1-9,15H,10-12H2,(H,23,25). The highest BCUT2D eigenvalue weighted by Crippen LogP contribution is 2.30. The molecule has 1 aliphatic rings. The quantitative estimate of drug-likeness (QED) is 0.512. The molecule has 4 rings (SSSR count). The van der Waals surface area contributed by atoms with E-state index in [0.29, 0.717) is 34.3 Å². The molecule has 0 saturated carbocycles. The third-order valence-electron chi connectivity index (χ3n) is 4.32. The molecule has 1 atom stereocenters. The Balaban J connectivity index is 1.26. The van der Waals surface area contributed by atoms with Crippen molar-refractivity contribution >= 4 is 34.4 Å².